The van der Waals surface area contributed by atoms with Crippen molar-refractivity contribution in [2.24, 2.45) is 52.3 Å². The van der Waals surface area contributed by atoms with Crippen molar-refractivity contribution in [3.05, 3.63) is 10.1 Å². The lowest BCUT2D eigenvalue weighted by atomic mass is 9.44. The third kappa shape index (κ3) is 3.97. The van der Waals surface area contributed by atoms with Crippen molar-refractivity contribution < 1.29 is 4.92 Å². The average Bonchev–Trinajstić information content (AvgIpc) is 3.05. The molecule has 0 N–H and O–H groups in total. The van der Waals surface area contributed by atoms with Gasteiger partial charge < -0.3 is 0 Å². The monoisotopic (exact) mass is 451 g/mol. The highest BCUT2D eigenvalue weighted by Crippen LogP contribution is 2.69. The summed E-state index contributed by atoms with van der Waals surface area (Å²) in [6.07, 6.45) is 14.2. The van der Waals surface area contributed by atoms with Crippen molar-refractivity contribution in [2.45, 2.75) is 117 Å². The van der Waals surface area contributed by atoms with Gasteiger partial charge in [0.1, 0.15) is 0 Å². The summed E-state index contributed by atoms with van der Waals surface area (Å²) in [7, 11) is 0. The molecule has 4 rings (SSSR count). The van der Waals surface area contributed by atoms with Crippen LogP contribution in [0.2, 0.25) is 0 Å². The van der Waals surface area contributed by atoms with E-state index in [1.54, 1.807) is 0 Å². The van der Waals surface area contributed by atoms with Crippen LogP contribution in [0.3, 0.4) is 0 Å². The number of hydrogen-bond acceptors (Lipinski definition) is 2. The molecule has 0 amide bonds. The second kappa shape index (κ2) is 8.48. The zero-order chi connectivity index (χ0) is 22.6. The fourth-order valence-corrected chi connectivity index (χ4v) is 9.67. The van der Waals surface area contributed by atoms with Gasteiger partial charge in [0, 0.05) is 17.8 Å². The fraction of sp³-hybridized carbons (Fsp3) is 1.00. The number of alkyl halides is 1. The summed E-state index contributed by atoms with van der Waals surface area (Å²) >= 11 is 6.49. The van der Waals surface area contributed by atoms with Gasteiger partial charge in [-0.3, -0.25) is 10.1 Å². The number of fused-ring (bicyclic) bond motifs is 5. The smallest absolute Gasteiger partial charge is 0.263 e. The Balaban J connectivity index is 1.47. The Kier molecular flexibility index (Phi) is 6.52. The first-order valence-electron chi connectivity index (χ1n) is 13.3. The molecule has 31 heavy (non-hydrogen) atoms. The molecule has 4 aliphatic rings. The van der Waals surface area contributed by atoms with Crippen LogP contribution in [0, 0.1) is 62.4 Å². The molecule has 9 atom stereocenters. The fourth-order valence-electron chi connectivity index (χ4n) is 9.39. The SMILES string of the molecule is CC(C)CCC[C@@H](C)[C@@H]1CC[C@@H]2[C@@H]3CC[C@H]4C[C@](Cl)([N+](=O)[O-])CC[C@]4(C)[C@@H]3CC[C@]21C. The van der Waals surface area contributed by atoms with Crippen LogP contribution in [0.4, 0.5) is 0 Å². The summed E-state index contributed by atoms with van der Waals surface area (Å²) in [5.74, 6) is 5.47. The molecule has 4 fully saturated rings. The normalized spacial score (nSPS) is 48.0. The van der Waals surface area contributed by atoms with E-state index in [0.29, 0.717) is 24.2 Å². The third-order valence-corrected chi connectivity index (χ3v) is 11.7. The Morgan fingerprint density at radius 3 is 2.32 bits per heavy atom. The molecule has 178 valence electrons. The number of nitrogens with zero attached hydrogens (tertiary/aromatic N) is 1. The van der Waals surface area contributed by atoms with Crippen LogP contribution < -0.4 is 0 Å². The molecule has 0 spiro atoms. The highest BCUT2D eigenvalue weighted by Gasteiger charge is 2.63. The number of nitro groups is 1. The molecule has 0 saturated heterocycles. The highest BCUT2D eigenvalue weighted by molar-refractivity contribution is 6.22. The van der Waals surface area contributed by atoms with E-state index in [9.17, 15) is 10.1 Å². The maximum absolute atomic E-state index is 11.6. The third-order valence-electron chi connectivity index (χ3n) is 11.2. The molecule has 0 aliphatic heterocycles. The molecule has 0 aromatic heterocycles. The first kappa shape index (κ1) is 23.8. The maximum Gasteiger partial charge on any atom is 0.295 e. The Bertz CT molecular complexity index is 682. The summed E-state index contributed by atoms with van der Waals surface area (Å²) in [5.41, 5.74) is 0.785. The van der Waals surface area contributed by atoms with Crippen molar-refractivity contribution in [3.8, 4) is 0 Å². The molecule has 4 saturated carbocycles. The molecule has 3 nitrogen and oxygen atoms in total. The van der Waals surface area contributed by atoms with Gasteiger partial charge in [0.05, 0.1) is 0 Å². The molecular weight excluding hydrogens is 406 g/mol. The van der Waals surface area contributed by atoms with Gasteiger partial charge in [-0.05, 0) is 109 Å². The minimum Gasteiger partial charge on any atom is -0.263 e. The molecular formula is C27H46ClNO2. The van der Waals surface area contributed by atoms with E-state index >= 15 is 0 Å². The van der Waals surface area contributed by atoms with E-state index in [1.807, 2.05) is 0 Å². The molecule has 0 bridgehead atoms. The van der Waals surface area contributed by atoms with Crippen LogP contribution in [0.5, 0.6) is 0 Å². The summed E-state index contributed by atoms with van der Waals surface area (Å²) in [6, 6.07) is 0. The van der Waals surface area contributed by atoms with Gasteiger partial charge in [0.2, 0.25) is 0 Å². The van der Waals surface area contributed by atoms with Crippen LogP contribution in [-0.2, 0) is 0 Å². The van der Waals surface area contributed by atoms with Crippen molar-refractivity contribution in [1.29, 1.82) is 0 Å². The Labute approximate surface area is 195 Å². The average molecular weight is 452 g/mol. The number of hydrogen-bond donors (Lipinski definition) is 0. The quantitative estimate of drug-likeness (QED) is 0.176. The summed E-state index contributed by atoms with van der Waals surface area (Å²) < 4.78 is 0. The lowest BCUT2D eigenvalue weighted by Crippen LogP contribution is -2.56. The maximum atomic E-state index is 11.6. The molecule has 0 unspecified atom stereocenters. The van der Waals surface area contributed by atoms with Gasteiger partial charge in [0.25, 0.3) is 5.00 Å². The van der Waals surface area contributed by atoms with Crippen LogP contribution in [0.25, 0.3) is 0 Å². The molecule has 4 heteroatoms. The van der Waals surface area contributed by atoms with Crippen LogP contribution in [-0.4, -0.2) is 9.92 Å². The predicted molar refractivity (Wildman–Crippen MR) is 129 cm³/mol. The van der Waals surface area contributed by atoms with E-state index in [1.165, 1.54) is 51.4 Å². The lowest BCUT2D eigenvalue weighted by molar-refractivity contribution is -0.550. The largest absolute Gasteiger partial charge is 0.295 e. The van der Waals surface area contributed by atoms with Gasteiger partial charge in [-0.25, -0.2) is 0 Å². The van der Waals surface area contributed by atoms with Crippen molar-refractivity contribution in [1.82, 2.24) is 0 Å². The number of halogens is 1. The molecule has 0 heterocycles. The van der Waals surface area contributed by atoms with E-state index in [0.717, 1.165) is 48.3 Å². The van der Waals surface area contributed by atoms with Gasteiger partial charge in [-0.15, -0.1) is 0 Å². The summed E-state index contributed by atoms with van der Waals surface area (Å²) in [4.78, 5) is 10.2. The van der Waals surface area contributed by atoms with Crippen molar-refractivity contribution in [2.75, 3.05) is 0 Å². The summed E-state index contributed by atoms with van der Waals surface area (Å²) in [5, 5.41) is 11.6. The molecule has 4 aliphatic carbocycles. The standard InChI is InChI=1S/C27H46ClNO2/c1-18(2)7-6-8-19(3)22-11-12-23-21-10-9-20-17-27(28,29(30)31)16-15-25(20,4)24(21)13-14-26(22,23)5/h18-24H,6-17H2,1-5H3/t19-,20+,21+,22+,23-,24-,25+,26+,27-/m1/s1. The van der Waals surface area contributed by atoms with E-state index in [-0.39, 0.29) is 10.3 Å². The van der Waals surface area contributed by atoms with Gasteiger partial charge in [0.15, 0.2) is 0 Å². The van der Waals surface area contributed by atoms with Gasteiger partial charge in [-0.1, -0.05) is 53.9 Å². The first-order valence-corrected chi connectivity index (χ1v) is 13.7. The van der Waals surface area contributed by atoms with Crippen LogP contribution in [0.15, 0.2) is 0 Å². The van der Waals surface area contributed by atoms with Crippen molar-refractivity contribution in [3.63, 3.8) is 0 Å². The molecule has 0 radical (unpaired) electrons. The van der Waals surface area contributed by atoms with Gasteiger partial charge >= 0.3 is 0 Å². The van der Waals surface area contributed by atoms with Crippen molar-refractivity contribution >= 4 is 11.6 Å². The Morgan fingerprint density at radius 2 is 1.65 bits per heavy atom. The summed E-state index contributed by atoms with van der Waals surface area (Å²) in [6.45, 7) is 12.4. The Hall–Kier alpha value is -0.310. The van der Waals surface area contributed by atoms with Gasteiger partial charge in [-0.2, -0.15) is 0 Å². The van der Waals surface area contributed by atoms with E-state index < -0.39 is 5.00 Å². The van der Waals surface area contributed by atoms with Crippen LogP contribution >= 0.6 is 11.6 Å². The van der Waals surface area contributed by atoms with E-state index in [4.69, 9.17) is 11.6 Å². The highest BCUT2D eigenvalue weighted by atomic mass is 35.5. The first-order chi connectivity index (χ1) is 14.5. The second-order valence-corrected chi connectivity index (χ2v) is 13.8. The molecule has 0 aromatic rings. The van der Waals surface area contributed by atoms with Crippen LogP contribution in [0.1, 0.15) is 112 Å². The van der Waals surface area contributed by atoms with E-state index in [2.05, 4.69) is 34.6 Å². The number of rotatable bonds is 6. The zero-order valence-electron chi connectivity index (χ0n) is 20.7. The predicted octanol–water partition coefficient (Wildman–Crippen LogP) is 8.32. The molecule has 0 aromatic carbocycles. The zero-order valence-corrected chi connectivity index (χ0v) is 21.4. The Morgan fingerprint density at radius 1 is 0.935 bits per heavy atom. The topological polar surface area (TPSA) is 43.1 Å². The lowest BCUT2D eigenvalue weighted by Gasteiger charge is -2.61. The second-order valence-electron chi connectivity index (χ2n) is 13.1. The minimum absolute atomic E-state index is 0.194. The minimum atomic E-state index is -1.20.